The highest BCUT2D eigenvalue weighted by Crippen LogP contribution is 2.26. The molecule has 9 heteroatoms. The number of pyridine rings is 1. The van der Waals surface area contributed by atoms with Crippen molar-refractivity contribution in [1.82, 2.24) is 14.2 Å². The summed E-state index contributed by atoms with van der Waals surface area (Å²) in [5, 5.41) is 0. The molecule has 1 aliphatic heterocycles. The van der Waals surface area contributed by atoms with Crippen molar-refractivity contribution in [2.24, 2.45) is 0 Å². The maximum absolute atomic E-state index is 13.2. The number of furan rings is 1. The number of fused-ring (bicyclic) bond motifs is 1. The number of hydrogen-bond donors (Lipinski definition) is 1. The molecule has 1 aliphatic carbocycles. The smallest absolute Gasteiger partial charge is 0.261 e. The molecule has 8 nitrogen and oxygen atoms in total. The van der Waals surface area contributed by atoms with Crippen LogP contribution in [0.2, 0.25) is 0 Å². The van der Waals surface area contributed by atoms with Crippen LogP contribution in [0.4, 0.5) is 0 Å². The monoisotopic (exact) mass is 467 g/mol. The molecular weight excluding hydrogens is 442 g/mol. The number of piperazine rings is 1. The van der Waals surface area contributed by atoms with Crippen molar-refractivity contribution in [1.29, 1.82) is 0 Å². The van der Waals surface area contributed by atoms with Crippen molar-refractivity contribution in [3.05, 3.63) is 75.8 Å². The Morgan fingerprint density at radius 1 is 0.939 bits per heavy atom. The van der Waals surface area contributed by atoms with Crippen molar-refractivity contribution < 1.29 is 17.6 Å². The molecule has 1 fully saturated rings. The standard InChI is InChI=1S/C24H25N3O5S/c28-23-20(9-10-21(25-23)22-6-3-15-32-22)24(29)26-11-13-27(14-12-26)33(30,31)19-8-7-17-4-1-2-5-18(17)16-19/h3,6-10,15-16H,1-2,4-5,11-14H2,(H,25,28). The Bertz CT molecular complexity index is 1340. The van der Waals surface area contributed by atoms with E-state index in [1.807, 2.05) is 12.1 Å². The van der Waals surface area contributed by atoms with Gasteiger partial charge in [0, 0.05) is 26.2 Å². The Morgan fingerprint density at radius 3 is 2.39 bits per heavy atom. The number of aromatic nitrogens is 1. The van der Waals surface area contributed by atoms with Gasteiger partial charge in [-0.2, -0.15) is 4.31 Å². The Labute approximate surface area is 191 Å². The fraction of sp³-hybridized carbons (Fsp3) is 0.333. The van der Waals surface area contributed by atoms with Crippen LogP contribution < -0.4 is 5.56 Å². The van der Waals surface area contributed by atoms with Crippen molar-refractivity contribution >= 4 is 15.9 Å². The van der Waals surface area contributed by atoms with Gasteiger partial charge in [-0.3, -0.25) is 9.59 Å². The van der Waals surface area contributed by atoms with Crippen LogP contribution in [0.1, 0.15) is 34.3 Å². The number of carbonyl (C=O) groups is 1. The number of nitrogens with one attached hydrogen (secondary N) is 1. The maximum atomic E-state index is 13.2. The van der Waals surface area contributed by atoms with Crippen LogP contribution in [-0.2, 0) is 22.9 Å². The average Bonchev–Trinajstić information content (AvgIpc) is 3.38. The van der Waals surface area contributed by atoms with E-state index in [0.29, 0.717) is 16.3 Å². The minimum absolute atomic E-state index is 0.0244. The minimum atomic E-state index is -3.63. The predicted octanol–water partition coefficient (Wildman–Crippen LogP) is 2.66. The summed E-state index contributed by atoms with van der Waals surface area (Å²) in [7, 11) is -3.63. The second-order valence-electron chi connectivity index (χ2n) is 8.43. The summed E-state index contributed by atoms with van der Waals surface area (Å²) < 4.78 is 33.1. The first-order valence-electron chi connectivity index (χ1n) is 11.1. The molecule has 0 saturated carbocycles. The van der Waals surface area contributed by atoms with E-state index in [-0.39, 0.29) is 31.7 Å². The summed E-state index contributed by atoms with van der Waals surface area (Å²) in [6.45, 7) is 0.825. The minimum Gasteiger partial charge on any atom is -0.463 e. The molecule has 3 heterocycles. The van der Waals surface area contributed by atoms with Gasteiger partial charge >= 0.3 is 0 Å². The molecule has 5 rings (SSSR count). The Hall–Kier alpha value is -3.17. The first-order chi connectivity index (χ1) is 15.9. The van der Waals surface area contributed by atoms with Gasteiger partial charge < -0.3 is 14.3 Å². The second-order valence-corrected chi connectivity index (χ2v) is 10.4. The van der Waals surface area contributed by atoms with Gasteiger partial charge in [0.25, 0.3) is 11.5 Å². The fourth-order valence-electron chi connectivity index (χ4n) is 4.54. The van der Waals surface area contributed by atoms with Gasteiger partial charge in [0.05, 0.1) is 16.9 Å². The number of amides is 1. The molecule has 172 valence electrons. The van der Waals surface area contributed by atoms with Crippen LogP contribution in [0.25, 0.3) is 11.5 Å². The van der Waals surface area contributed by atoms with E-state index in [1.54, 1.807) is 24.3 Å². The van der Waals surface area contributed by atoms with Crippen molar-refractivity contribution in [2.75, 3.05) is 26.2 Å². The summed E-state index contributed by atoms with van der Waals surface area (Å²) >= 11 is 0. The first kappa shape index (κ1) is 21.7. The molecule has 1 aromatic carbocycles. The molecule has 0 radical (unpaired) electrons. The molecule has 0 spiro atoms. The SMILES string of the molecule is O=C(c1ccc(-c2ccco2)[nH]c1=O)N1CCN(S(=O)(=O)c2ccc3c(c2)CCCC3)CC1. The topological polar surface area (TPSA) is 104 Å². The van der Waals surface area contributed by atoms with Gasteiger partial charge in [-0.1, -0.05) is 6.07 Å². The van der Waals surface area contributed by atoms with E-state index in [4.69, 9.17) is 4.42 Å². The molecule has 1 N–H and O–H groups in total. The molecule has 33 heavy (non-hydrogen) atoms. The zero-order valence-electron chi connectivity index (χ0n) is 18.1. The highest BCUT2D eigenvalue weighted by atomic mass is 32.2. The lowest BCUT2D eigenvalue weighted by Gasteiger charge is -2.34. The summed E-state index contributed by atoms with van der Waals surface area (Å²) in [5.41, 5.74) is 2.36. The van der Waals surface area contributed by atoms with Crippen molar-refractivity contribution in [3.63, 3.8) is 0 Å². The number of nitrogens with zero attached hydrogens (tertiary/aromatic N) is 2. The molecule has 0 bridgehead atoms. The number of sulfonamides is 1. The van der Waals surface area contributed by atoms with Crippen LogP contribution in [0.3, 0.4) is 0 Å². The largest absolute Gasteiger partial charge is 0.463 e. The fourth-order valence-corrected chi connectivity index (χ4v) is 6.01. The van der Waals surface area contributed by atoms with E-state index in [0.717, 1.165) is 31.2 Å². The number of H-pyrrole nitrogens is 1. The van der Waals surface area contributed by atoms with Crippen LogP contribution in [0, 0.1) is 0 Å². The first-order valence-corrected chi connectivity index (χ1v) is 12.6. The Morgan fingerprint density at radius 2 is 1.70 bits per heavy atom. The lowest BCUT2D eigenvalue weighted by molar-refractivity contribution is 0.0696. The molecule has 2 aromatic heterocycles. The van der Waals surface area contributed by atoms with Gasteiger partial charge in [-0.25, -0.2) is 8.42 Å². The van der Waals surface area contributed by atoms with E-state index in [1.165, 1.54) is 27.1 Å². The van der Waals surface area contributed by atoms with Crippen molar-refractivity contribution in [2.45, 2.75) is 30.6 Å². The normalized spacial score (nSPS) is 17.0. The summed E-state index contributed by atoms with van der Waals surface area (Å²) in [4.78, 5) is 29.9. The lowest BCUT2D eigenvalue weighted by Crippen LogP contribution is -2.51. The van der Waals surface area contributed by atoms with Crippen molar-refractivity contribution in [3.8, 4) is 11.5 Å². The van der Waals surface area contributed by atoms with Gasteiger partial charge in [0.2, 0.25) is 10.0 Å². The number of aromatic amines is 1. The Balaban J connectivity index is 1.28. The third-order valence-corrected chi connectivity index (χ3v) is 8.30. The zero-order chi connectivity index (χ0) is 23.0. The zero-order valence-corrected chi connectivity index (χ0v) is 18.9. The van der Waals surface area contributed by atoms with Crippen LogP contribution in [0.5, 0.6) is 0 Å². The number of hydrogen-bond acceptors (Lipinski definition) is 5. The molecule has 3 aromatic rings. The molecule has 2 aliphatic rings. The highest BCUT2D eigenvalue weighted by Gasteiger charge is 2.31. The van der Waals surface area contributed by atoms with E-state index >= 15 is 0 Å². The van der Waals surface area contributed by atoms with Gasteiger partial charge in [-0.15, -0.1) is 0 Å². The summed E-state index contributed by atoms with van der Waals surface area (Å²) in [5.74, 6) is 0.0974. The van der Waals surface area contributed by atoms with E-state index in [9.17, 15) is 18.0 Å². The average molecular weight is 468 g/mol. The number of benzene rings is 1. The molecule has 1 saturated heterocycles. The molecule has 0 atom stereocenters. The Kier molecular flexibility index (Phi) is 5.67. The van der Waals surface area contributed by atoms with Crippen LogP contribution in [-0.4, -0.2) is 54.7 Å². The third kappa shape index (κ3) is 4.14. The maximum Gasteiger partial charge on any atom is 0.261 e. The van der Waals surface area contributed by atoms with E-state index < -0.39 is 21.5 Å². The quantitative estimate of drug-likeness (QED) is 0.635. The highest BCUT2D eigenvalue weighted by molar-refractivity contribution is 7.89. The number of carbonyl (C=O) groups excluding carboxylic acids is 1. The van der Waals surface area contributed by atoms with Gasteiger partial charge in [0.15, 0.2) is 0 Å². The van der Waals surface area contributed by atoms with Crippen LogP contribution in [0.15, 0.2) is 62.8 Å². The van der Waals surface area contributed by atoms with E-state index in [2.05, 4.69) is 4.98 Å². The number of rotatable bonds is 4. The summed E-state index contributed by atoms with van der Waals surface area (Å²) in [6, 6.07) is 12.0. The number of aryl methyl sites for hydroxylation is 2. The van der Waals surface area contributed by atoms with Gasteiger partial charge in [-0.05, 0) is 73.2 Å². The lowest BCUT2D eigenvalue weighted by atomic mass is 9.92. The molecule has 1 amide bonds. The summed E-state index contributed by atoms with van der Waals surface area (Å²) in [6.07, 6.45) is 5.64. The molecule has 0 unspecified atom stereocenters. The van der Waals surface area contributed by atoms with Gasteiger partial charge in [0.1, 0.15) is 11.3 Å². The third-order valence-electron chi connectivity index (χ3n) is 6.41. The second kappa shape index (κ2) is 8.64. The predicted molar refractivity (Wildman–Crippen MR) is 123 cm³/mol. The van der Waals surface area contributed by atoms with Crippen LogP contribution >= 0.6 is 0 Å². The molecular formula is C24H25N3O5S.